The fraction of sp³-hybridized carbons (Fsp3) is 0.500. The monoisotopic (exact) mass is 401 g/mol. The van der Waals surface area contributed by atoms with E-state index in [4.69, 9.17) is 4.74 Å². The number of ether oxygens (including phenoxy) is 1. The summed E-state index contributed by atoms with van der Waals surface area (Å²) in [5.74, 6) is 0.963. The van der Waals surface area contributed by atoms with Crippen molar-refractivity contribution < 1.29 is 9.53 Å². The number of rotatable bonds is 7. The number of hydrogen-bond acceptors (Lipinski definition) is 7. The van der Waals surface area contributed by atoms with Crippen molar-refractivity contribution in [2.45, 2.75) is 38.4 Å². The number of pyridine rings is 1. The van der Waals surface area contributed by atoms with Gasteiger partial charge in [-0.05, 0) is 49.8 Å². The summed E-state index contributed by atoms with van der Waals surface area (Å²) in [6.07, 6.45) is 4.83. The molecule has 0 spiro atoms. The molecule has 1 amide bonds. The molecule has 2 aromatic heterocycles. The van der Waals surface area contributed by atoms with E-state index in [2.05, 4.69) is 25.2 Å². The quantitative estimate of drug-likeness (QED) is 0.563. The third-order valence-electron chi connectivity index (χ3n) is 4.82. The van der Waals surface area contributed by atoms with Crippen molar-refractivity contribution in [3.8, 4) is 0 Å². The van der Waals surface area contributed by atoms with Gasteiger partial charge in [-0.2, -0.15) is 0 Å². The fourth-order valence-electron chi connectivity index (χ4n) is 3.23. The molecule has 0 unspecified atom stereocenters. The Balaban J connectivity index is 1.52. The fourth-order valence-corrected chi connectivity index (χ4v) is 3.68. The Morgan fingerprint density at radius 3 is 2.64 bits per heavy atom. The maximum atomic E-state index is 12.3. The molecule has 0 saturated carbocycles. The summed E-state index contributed by atoms with van der Waals surface area (Å²) in [5.41, 5.74) is 4.01. The Bertz CT molecular complexity index is 801. The van der Waals surface area contributed by atoms with Crippen molar-refractivity contribution >= 4 is 23.5 Å². The van der Waals surface area contributed by atoms with E-state index in [1.54, 1.807) is 6.20 Å². The summed E-state index contributed by atoms with van der Waals surface area (Å²) < 4.78 is 5.39. The van der Waals surface area contributed by atoms with Crippen molar-refractivity contribution in [2.24, 2.45) is 0 Å². The molecule has 2 aromatic rings. The zero-order valence-corrected chi connectivity index (χ0v) is 17.5. The van der Waals surface area contributed by atoms with Crippen LogP contribution >= 0.6 is 11.8 Å². The number of carbonyl (C=O) groups excluding carboxylic acids is 1. The van der Waals surface area contributed by atoms with Crippen LogP contribution in [-0.4, -0.2) is 53.4 Å². The first kappa shape index (κ1) is 20.5. The number of nitrogens with one attached hydrogen (secondary N) is 1. The van der Waals surface area contributed by atoms with Gasteiger partial charge in [0.15, 0.2) is 5.16 Å². The van der Waals surface area contributed by atoms with E-state index < -0.39 is 0 Å². The SMILES string of the molecule is CSc1nc(C)c(CCC(=O)NCc2ccnc(N3CCOCC3)c2)c(C)n1. The third kappa shape index (κ3) is 5.42. The second-order valence-corrected chi connectivity index (χ2v) is 7.53. The Kier molecular flexibility index (Phi) is 7.22. The summed E-state index contributed by atoms with van der Waals surface area (Å²) in [5, 5.41) is 3.78. The molecule has 3 heterocycles. The average molecular weight is 402 g/mol. The topological polar surface area (TPSA) is 80.2 Å². The first-order valence-corrected chi connectivity index (χ1v) is 10.7. The number of morpholine rings is 1. The van der Waals surface area contributed by atoms with Gasteiger partial charge in [0.25, 0.3) is 0 Å². The first-order chi connectivity index (χ1) is 13.6. The van der Waals surface area contributed by atoms with Gasteiger partial charge in [0, 0.05) is 43.6 Å². The number of thioether (sulfide) groups is 1. The molecule has 0 atom stereocenters. The van der Waals surface area contributed by atoms with E-state index in [0.29, 0.717) is 19.4 Å². The van der Waals surface area contributed by atoms with Crippen LogP contribution in [0.25, 0.3) is 0 Å². The van der Waals surface area contributed by atoms with Crippen LogP contribution in [0.4, 0.5) is 5.82 Å². The molecule has 150 valence electrons. The van der Waals surface area contributed by atoms with Crippen molar-refractivity contribution in [2.75, 3.05) is 37.5 Å². The predicted molar refractivity (Wildman–Crippen MR) is 111 cm³/mol. The minimum atomic E-state index is 0.0254. The van der Waals surface area contributed by atoms with Crippen LogP contribution in [0.2, 0.25) is 0 Å². The van der Waals surface area contributed by atoms with Crippen molar-refractivity contribution in [3.63, 3.8) is 0 Å². The maximum Gasteiger partial charge on any atom is 0.220 e. The smallest absolute Gasteiger partial charge is 0.220 e. The molecule has 0 bridgehead atoms. The van der Waals surface area contributed by atoms with E-state index in [0.717, 1.165) is 59.8 Å². The normalized spacial score (nSPS) is 14.2. The van der Waals surface area contributed by atoms with Crippen LogP contribution in [-0.2, 0) is 22.5 Å². The number of amides is 1. The highest BCUT2D eigenvalue weighted by molar-refractivity contribution is 7.98. The number of hydrogen-bond donors (Lipinski definition) is 1. The highest BCUT2D eigenvalue weighted by Gasteiger charge is 2.13. The van der Waals surface area contributed by atoms with Crippen molar-refractivity contribution in [1.82, 2.24) is 20.3 Å². The molecule has 1 saturated heterocycles. The third-order valence-corrected chi connectivity index (χ3v) is 5.37. The Hall–Kier alpha value is -2.19. The van der Waals surface area contributed by atoms with Gasteiger partial charge >= 0.3 is 0 Å². The molecule has 1 fully saturated rings. The summed E-state index contributed by atoms with van der Waals surface area (Å²) in [6, 6.07) is 3.97. The van der Waals surface area contributed by atoms with Crippen LogP contribution < -0.4 is 10.2 Å². The zero-order valence-electron chi connectivity index (χ0n) is 16.7. The second-order valence-electron chi connectivity index (χ2n) is 6.76. The number of nitrogens with zero attached hydrogens (tertiary/aromatic N) is 4. The number of aromatic nitrogens is 3. The number of aryl methyl sites for hydroxylation is 2. The maximum absolute atomic E-state index is 12.3. The lowest BCUT2D eigenvalue weighted by molar-refractivity contribution is -0.121. The van der Waals surface area contributed by atoms with Gasteiger partial charge in [0.1, 0.15) is 5.82 Å². The van der Waals surface area contributed by atoms with Gasteiger partial charge in [-0.25, -0.2) is 15.0 Å². The summed E-state index contributed by atoms with van der Waals surface area (Å²) in [7, 11) is 0. The zero-order chi connectivity index (χ0) is 19.9. The van der Waals surface area contributed by atoms with E-state index in [1.165, 1.54) is 11.8 Å². The summed E-state index contributed by atoms with van der Waals surface area (Å²) >= 11 is 1.53. The molecule has 28 heavy (non-hydrogen) atoms. The number of carbonyl (C=O) groups is 1. The van der Waals surface area contributed by atoms with E-state index in [-0.39, 0.29) is 5.91 Å². The lowest BCUT2D eigenvalue weighted by Crippen LogP contribution is -2.36. The van der Waals surface area contributed by atoms with Gasteiger partial charge in [0.05, 0.1) is 13.2 Å². The summed E-state index contributed by atoms with van der Waals surface area (Å²) in [6.45, 7) is 7.60. The van der Waals surface area contributed by atoms with Crippen LogP contribution in [0.3, 0.4) is 0 Å². The largest absolute Gasteiger partial charge is 0.378 e. The highest BCUT2D eigenvalue weighted by atomic mass is 32.2. The minimum Gasteiger partial charge on any atom is -0.378 e. The predicted octanol–water partition coefficient (Wildman–Crippen LogP) is 2.30. The van der Waals surface area contributed by atoms with Crippen LogP contribution in [0.1, 0.15) is 28.9 Å². The standard InChI is InChI=1S/C20H27N5O2S/c1-14-17(15(2)24-20(23-14)28-3)4-5-19(26)22-13-16-6-7-21-18(12-16)25-8-10-27-11-9-25/h6-7,12H,4-5,8-11,13H2,1-3H3,(H,22,26). The Morgan fingerprint density at radius 1 is 1.25 bits per heavy atom. The van der Waals surface area contributed by atoms with E-state index in [1.807, 2.05) is 32.2 Å². The van der Waals surface area contributed by atoms with Gasteiger partial charge < -0.3 is 15.0 Å². The lowest BCUT2D eigenvalue weighted by Gasteiger charge is -2.28. The Morgan fingerprint density at radius 2 is 1.96 bits per heavy atom. The molecule has 1 N–H and O–H groups in total. The molecule has 0 aromatic carbocycles. The van der Waals surface area contributed by atoms with Crippen LogP contribution in [0, 0.1) is 13.8 Å². The van der Waals surface area contributed by atoms with Gasteiger partial charge in [-0.1, -0.05) is 11.8 Å². The van der Waals surface area contributed by atoms with E-state index in [9.17, 15) is 4.79 Å². The van der Waals surface area contributed by atoms with Gasteiger partial charge in [-0.15, -0.1) is 0 Å². The highest BCUT2D eigenvalue weighted by Crippen LogP contribution is 2.17. The van der Waals surface area contributed by atoms with Crippen molar-refractivity contribution in [3.05, 3.63) is 40.8 Å². The molecule has 1 aliphatic heterocycles. The molecular weight excluding hydrogens is 374 g/mol. The molecule has 8 heteroatoms. The first-order valence-electron chi connectivity index (χ1n) is 9.49. The summed E-state index contributed by atoms with van der Waals surface area (Å²) in [4.78, 5) is 27.9. The average Bonchev–Trinajstić information content (AvgIpc) is 2.72. The number of anilines is 1. The molecule has 1 aliphatic rings. The minimum absolute atomic E-state index is 0.0254. The lowest BCUT2D eigenvalue weighted by atomic mass is 10.1. The van der Waals surface area contributed by atoms with Gasteiger partial charge in [-0.3, -0.25) is 4.79 Å². The van der Waals surface area contributed by atoms with E-state index >= 15 is 0 Å². The molecule has 0 aliphatic carbocycles. The molecule has 0 radical (unpaired) electrons. The Labute approximate surface area is 170 Å². The molecule has 7 nitrogen and oxygen atoms in total. The molecular formula is C20H27N5O2S. The molecule has 3 rings (SSSR count). The van der Waals surface area contributed by atoms with Crippen LogP contribution in [0.5, 0.6) is 0 Å². The van der Waals surface area contributed by atoms with Gasteiger partial charge in [0.2, 0.25) is 5.91 Å². The van der Waals surface area contributed by atoms with Crippen molar-refractivity contribution in [1.29, 1.82) is 0 Å². The van der Waals surface area contributed by atoms with Crippen LogP contribution in [0.15, 0.2) is 23.5 Å². The second kappa shape index (κ2) is 9.84.